The molecule has 1 aromatic heterocycles. The number of esters is 1. The van der Waals surface area contributed by atoms with Crippen LogP contribution in [-0.4, -0.2) is 52.4 Å². The molecule has 2 aliphatic heterocycles. The van der Waals surface area contributed by atoms with Gasteiger partial charge in [0.25, 0.3) is 11.8 Å². The lowest BCUT2D eigenvalue weighted by Crippen LogP contribution is -2.38. The van der Waals surface area contributed by atoms with Crippen LogP contribution in [0.2, 0.25) is 0 Å². The minimum Gasteiger partial charge on any atom is -0.469 e. The number of aromatic nitrogens is 2. The Bertz CT molecular complexity index is 1110. The normalized spacial score (nSPS) is 17.0. The van der Waals surface area contributed by atoms with Crippen molar-refractivity contribution < 1.29 is 23.9 Å². The van der Waals surface area contributed by atoms with Crippen molar-refractivity contribution in [2.24, 2.45) is 0 Å². The van der Waals surface area contributed by atoms with Crippen LogP contribution in [0.1, 0.15) is 89.4 Å². The lowest BCUT2D eigenvalue weighted by Gasteiger charge is -2.35. The Balaban J connectivity index is 1.34. The zero-order valence-electron chi connectivity index (χ0n) is 19.9. The molecule has 2 aliphatic rings. The number of aromatic amines is 1. The van der Waals surface area contributed by atoms with Crippen LogP contribution in [0.15, 0.2) is 24.3 Å². The molecule has 1 aromatic carbocycles. The Morgan fingerprint density at radius 2 is 1.97 bits per heavy atom. The Morgan fingerprint density at radius 1 is 1.14 bits per heavy atom. The highest BCUT2D eigenvalue weighted by atomic mass is 16.5. The second-order valence-electron chi connectivity index (χ2n) is 8.95. The number of H-pyrrole nitrogens is 1. The van der Waals surface area contributed by atoms with E-state index in [4.69, 9.17) is 0 Å². The number of unbranched alkanes of at least 4 members (excludes halogenated alkanes) is 2. The van der Waals surface area contributed by atoms with Crippen molar-refractivity contribution in [2.75, 3.05) is 19.0 Å². The van der Waals surface area contributed by atoms with E-state index in [-0.39, 0.29) is 29.7 Å². The molecule has 1 saturated heterocycles. The Labute approximate surface area is 203 Å². The summed E-state index contributed by atoms with van der Waals surface area (Å²) >= 11 is 0. The number of rotatable bonds is 9. The number of benzene rings is 1. The van der Waals surface area contributed by atoms with Crippen molar-refractivity contribution in [1.82, 2.24) is 20.4 Å². The van der Waals surface area contributed by atoms with Crippen molar-refractivity contribution in [2.45, 2.75) is 64.0 Å². The van der Waals surface area contributed by atoms with Crippen LogP contribution in [-0.2, 0) is 20.9 Å². The largest absolute Gasteiger partial charge is 0.469 e. The number of fused-ring (bicyclic) bond motifs is 1. The summed E-state index contributed by atoms with van der Waals surface area (Å²) in [5.41, 5.74) is 2.63. The molecule has 0 spiro atoms. The fraction of sp³-hybridized carbons (Fsp3) is 0.480. The van der Waals surface area contributed by atoms with Crippen molar-refractivity contribution >= 4 is 29.5 Å². The predicted molar refractivity (Wildman–Crippen MR) is 128 cm³/mol. The topological polar surface area (TPSA) is 133 Å². The first-order valence-electron chi connectivity index (χ1n) is 12.1. The summed E-state index contributed by atoms with van der Waals surface area (Å²) in [6.07, 6.45) is 5.84. The van der Waals surface area contributed by atoms with Gasteiger partial charge in [-0.1, -0.05) is 6.42 Å². The third-order valence-corrected chi connectivity index (χ3v) is 6.57. The van der Waals surface area contributed by atoms with E-state index in [0.29, 0.717) is 49.3 Å². The molecule has 1 fully saturated rings. The van der Waals surface area contributed by atoms with E-state index in [1.807, 2.05) is 4.90 Å². The summed E-state index contributed by atoms with van der Waals surface area (Å²) < 4.78 is 4.64. The third kappa shape index (κ3) is 5.87. The van der Waals surface area contributed by atoms with Crippen molar-refractivity contribution in [3.8, 4) is 0 Å². The summed E-state index contributed by atoms with van der Waals surface area (Å²) in [5.74, 6) is -0.182. The summed E-state index contributed by atoms with van der Waals surface area (Å²) in [7, 11) is 1.38. The monoisotopic (exact) mass is 481 g/mol. The van der Waals surface area contributed by atoms with Gasteiger partial charge in [0.05, 0.1) is 18.8 Å². The number of nitrogens with zero attached hydrogens (tertiary/aromatic N) is 2. The average molecular weight is 482 g/mol. The van der Waals surface area contributed by atoms with E-state index in [1.54, 1.807) is 24.3 Å². The van der Waals surface area contributed by atoms with Gasteiger partial charge < -0.3 is 20.3 Å². The fourth-order valence-corrected chi connectivity index (χ4v) is 4.65. The van der Waals surface area contributed by atoms with Crippen LogP contribution in [0.25, 0.3) is 0 Å². The first kappa shape index (κ1) is 24.4. The molecule has 35 heavy (non-hydrogen) atoms. The number of hydrogen-bond acceptors (Lipinski definition) is 6. The van der Waals surface area contributed by atoms with Gasteiger partial charge in [-0.25, -0.2) is 0 Å². The minimum atomic E-state index is -0.311. The number of likely N-dealkylation sites (tertiary alicyclic amines) is 1. The van der Waals surface area contributed by atoms with E-state index in [9.17, 15) is 19.2 Å². The van der Waals surface area contributed by atoms with Gasteiger partial charge in [-0.2, -0.15) is 5.10 Å². The van der Waals surface area contributed by atoms with E-state index in [2.05, 4.69) is 25.6 Å². The number of piperidine rings is 1. The third-order valence-electron chi connectivity index (χ3n) is 6.57. The summed E-state index contributed by atoms with van der Waals surface area (Å²) in [6.45, 7) is 1.10. The number of ether oxygens (including phenoxy) is 1. The first-order valence-corrected chi connectivity index (χ1v) is 12.1. The molecule has 3 N–H and O–H groups in total. The highest BCUT2D eigenvalue weighted by Gasteiger charge is 2.29. The van der Waals surface area contributed by atoms with Gasteiger partial charge in [0.2, 0.25) is 5.91 Å². The van der Waals surface area contributed by atoms with Crippen LogP contribution in [0.4, 0.5) is 5.82 Å². The highest BCUT2D eigenvalue weighted by Crippen LogP contribution is 2.31. The van der Waals surface area contributed by atoms with Crippen molar-refractivity contribution in [3.05, 3.63) is 46.6 Å². The molecule has 0 aliphatic carbocycles. The maximum absolute atomic E-state index is 12.9. The second kappa shape index (κ2) is 11.2. The molecule has 3 amide bonds. The number of carbonyl (C=O) groups excluding carboxylic acids is 4. The lowest BCUT2D eigenvalue weighted by molar-refractivity contribution is -0.140. The highest BCUT2D eigenvalue weighted by molar-refractivity contribution is 6.05. The minimum absolute atomic E-state index is 0.0919. The van der Waals surface area contributed by atoms with Crippen LogP contribution < -0.4 is 10.6 Å². The molecule has 3 heterocycles. The fourth-order valence-electron chi connectivity index (χ4n) is 4.65. The number of carbonyl (C=O) groups is 4. The van der Waals surface area contributed by atoms with Gasteiger partial charge in [-0.15, -0.1) is 0 Å². The molecule has 0 bridgehead atoms. The summed E-state index contributed by atoms with van der Waals surface area (Å²) in [6, 6.07) is 6.66. The first-order chi connectivity index (χ1) is 17.0. The molecule has 0 radical (unpaired) electrons. The molecular weight excluding hydrogens is 450 g/mol. The number of methoxy groups -OCH3 is 1. The Hall–Kier alpha value is -3.69. The lowest BCUT2D eigenvalue weighted by atomic mass is 9.98. The molecule has 10 heteroatoms. The van der Waals surface area contributed by atoms with Gasteiger partial charge in [0, 0.05) is 43.1 Å². The van der Waals surface area contributed by atoms with Crippen molar-refractivity contribution in [3.63, 3.8) is 0 Å². The van der Waals surface area contributed by atoms with E-state index >= 15 is 0 Å². The zero-order chi connectivity index (χ0) is 24.8. The van der Waals surface area contributed by atoms with E-state index in [0.717, 1.165) is 43.4 Å². The van der Waals surface area contributed by atoms with Gasteiger partial charge >= 0.3 is 5.97 Å². The quantitative estimate of drug-likeness (QED) is 0.372. The average Bonchev–Trinajstić information content (AvgIpc) is 3.49. The van der Waals surface area contributed by atoms with E-state index < -0.39 is 0 Å². The molecular formula is C25H31N5O5. The molecule has 2 aromatic rings. The molecule has 186 valence electrons. The molecule has 4 rings (SSSR count). The number of amides is 3. The molecule has 0 unspecified atom stereocenters. The zero-order valence-corrected chi connectivity index (χ0v) is 19.9. The van der Waals surface area contributed by atoms with Gasteiger partial charge in [-0.05, 0) is 55.9 Å². The van der Waals surface area contributed by atoms with Crippen LogP contribution >= 0.6 is 0 Å². The number of hydrogen-bond donors (Lipinski definition) is 3. The standard InChI is InChI=1S/C25H31N5O5/c1-35-23(32)9-4-2-3-8-22(31)30-12-6-5-7-20(30)19-14-21(29-28-19)27-24(33)16-10-11-18-17(13-16)15-26-25(18)34/h10-11,13-14,20H,2-9,12,15H2,1H3,(H,26,34)(H2,27,28,29,33)/t20-/m1/s1. The Kier molecular flexibility index (Phi) is 7.79. The molecule has 1 atom stereocenters. The van der Waals surface area contributed by atoms with E-state index in [1.165, 1.54) is 7.11 Å². The van der Waals surface area contributed by atoms with Crippen LogP contribution in [0.3, 0.4) is 0 Å². The van der Waals surface area contributed by atoms with Crippen LogP contribution in [0, 0.1) is 0 Å². The Morgan fingerprint density at radius 3 is 2.80 bits per heavy atom. The maximum Gasteiger partial charge on any atom is 0.305 e. The van der Waals surface area contributed by atoms with Gasteiger partial charge in [0.1, 0.15) is 0 Å². The SMILES string of the molecule is COC(=O)CCCCCC(=O)N1CCCC[C@@H]1c1cc(NC(=O)c2ccc3c(c2)CNC3=O)n[nH]1. The number of anilines is 1. The maximum atomic E-state index is 12.9. The smallest absolute Gasteiger partial charge is 0.305 e. The summed E-state index contributed by atoms with van der Waals surface area (Å²) in [5, 5.41) is 12.8. The second-order valence-corrected chi connectivity index (χ2v) is 8.95. The molecule has 0 saturated carbocycles. The van der Waals surface area contributed by atoms with Crippen LogP contribution in [0.5, 0.6) is 0 Å². The predicted octanol–water partition coefficient (Wildman–Crippen LogP) is 3.08. The van der Waals surface area contributed by atoms with Gasteiger partial charge in [-0.3, -0.25) is 24.3 Å². The molecule has 10 nitrogen and oxygen atoms in total. The van der Waals surface area contributed by atoms with Gasteiger partial charge in [0.15, 0.2) is 5.82 Å². The summed E-state index contributed by atoms with van der Waals surface area (Å²) in [4.78, 5) is 50.5. The number of nitrogens with one attached hydrogen (secondary N) is 3. The van der Waals surface area contributed by atoms with Crippen molar-refractivity contribution in [1.29, 1.82) is 0 Å².